The third-order valence-corrected chi connectivity index (χ3v) is 4.43. The number of hydrogen-bond acceptors (Lipinski definition) is 2. The topological polar surface area (TPSA) is 46.5 Å². The molecular weight excluding hydrogens is 294 g/mol. The molecule has 0 heterocycles. The molecule has 2 rings (SSSR count). The van der Waals surface area contributed by atoms with Gasteiger partial charge in [-0.25, -0.2) is 0 Å². The molecule has 0 aromatic heterocycles. The quantitative estimate of drug-likeness (QED) is 0.767. The molecule has 0 saturated carbocycles. The van der Waals surface area contributed by atoms with Crippen LogP contribution in [-0.4, -0.2) is 14.6 Å². The Hall–Kier alpha value is -2.20. The van der Waals surface area contributed by atoms with E-state index >= 15 is 0 Å². The van der Waals surface area contributed by atoms with Crippen LogP contribution in [0, 0.1) is 6.92 Å². The number of allylic oxidation sites excluding steroid dienone is 8. The molecular formula is C18H19NO2S. The summed E-state index contributed by atoms with van der Waals surface area (Å²) in [6.45, 7) is 1.91. The van der Waals surface area contributed by atoms with Crippen LogP contribution in [0.2, 0.25) is 0 Å². The van der Waals surface area contributed by atoms with Gasteiger partial charge in [-0.1, -0.05) is 60.2 Å². The third-order valence-electron chi connectivity index (χ3n) is 3.13. The summed E-state index contributed by atoms with van der Waals surface area (Å²) in [5, 5.41) is 0. The van der Waals surface area contributed by atoms with Crippen LogP contribution in [0.4, 0.5) is 0 Å². The lowest BCUT2D eigenvalue weighted by Gasteiger charge is -1.99. The fraction of sp³-hybridized carbons (Fsp3) is 0.167. The minimum atomic E-state index is -3.58. The zero-order valence-electron chi connectivity index (χ0n) is 12.5. The van der Waals surface area contributed by atoms with Crippen molar-refractivity contribution in [2.24, 2.45) is 4.40 Å². The highest BCUT2D eigenvalue weighted by Crippen LogP contribution is 2.13. The van der Waals surface area contributed by atoms with Crippen LogP contribution in [0.1, 0.15) is 18.4 Å². The van der Waals surface area contributed by atoms with Gasteiger partial charge in [-0.05, 0) is 31.1 Å². The average Bonchev–Trinajstić information content (AvgIpc) is 2.52. The van der Waals surface area contributed by atoms with Gasteiger partial charge in [0.25, 0.3) is 10.0 Å². The van der Waals surface area contributed by atoms with Crippen molar-refractivity contribution in [3.05, 3.63) is 77.9 Å². The highest BCUT2D eigenvalue weighted by atomic mass is 32.2. The van der Waals surface area contributed by atoms with Crippen LogP contribution in [-0.2, 0) is 10.0 Å². The van der Waals surface area contributed by atoms with Crippen molar-refractivity contribution in [2.75, 3.05) is 0 Å². The summed E-state index contributed by atoms with van der Waals surface area (Å²) < 4.78 is 27.6. The zero-order chi connectivity index (χ0) is 15.8. The van der Waals surface area contributed by atoms with E-state index in [4.69, 9.17) is 0 Å². The van der Waals surface area contributed by atoms with Gasteiger partial charge in [-0.15, -0.1) is 0 Å². The van der Waals surface area contributed by atoms with Gasteiger partial charge in [-0.3, -0.25) is 0 Å². The second-order valence-electron chi connectivity index (χ2n) is 4.97. The van der Waals surface area contributed by atoms with Gasteiger partial charge in [0.1, 0.15) is 0 Å². The lowest BCUT2D eigenvalue weighted by Crippen LogP contribution is -1.97. The zero-order valence-corrected chi connectivity index (χ0v) is 13.3. The van der Waals surface area contributed by atoms with Gasteiger partial charge in [0, 0.05) is 12.6 Å². The minimum absolute atomic E-state index is 0.222. The molecule has 0 spiro atoms. The predicted octanol–water partition coefficient (Wildman–Crippen LogP) is 4.14. The fourth-order valence-electron chi connectivity index (χ4n) is 1.90. The molecule has 0 N–H and O–H groups in total. The fourth-order valence-corrected chi connectivity index (χ4v) is 2.78. The first-order valence-electron chi connectivity index (χ1n) is 7.12. The standard InChI is InChI=1S/C18H19NO2S/c1-16-11-13-18(14-12-16)22(20,21)19-15-7-3-6-10-17-8-4-2-5-9-17/h2-6,8,10-15H,7,9H2,1H3/b6-3-,17-10-,19-15+. The van der Waals surface area contributed by atoms with Crippen molar-refractivity contribution in [3.8, 4) is 0 Å². The van der Waals surface area contributed by atoms with Crippen molar-refractivity contribution in [2.45, 2.75) is 24.7 Å². The molecule has 1 aliphatic rings. The third kappa shape index (κ3) is 4.97. The summed E-state index contributed by atoms with van der Waals surface area (Å²) in [5.74, 6) is 0. The largest absolute Gasteiger partial charge is 0.281 e. The molecule has 0 bridgehead atoms. The van der Waals surface area contributed by atoms with Gasteiger partial charge < -0.3 is 0 Å². The van der Waals surface area contributed by atoms with Crippen LogP contribution in [0.25, 0.3) is 0 Å². The summed E-state index contributed by atoms with van der Waals surface area (Å²) in [4.78, 5) is 0.222. The van der Waals surface area contributed by atoms with E-state index in [0.717, 1.165) is 12.0 Å². The Morgan fingerprint density at radius 1 is 1.18 bits per heavy atom. The number of nitrogens with zero attached hydrogens (tertiary/aromatic N) is 1. The Morgan fingerprint density at radius 3 is 2.64 bits per heavy atom. The van der Waals surface area contributed by atoms with Gasteiger partial charge in [-0.2, -0.15) is 12.8 Å². The summed E-state index contributed by atoms with van der Waals surface area (Å²) in [6.07, 6.45) is 16.8. The van der Waals surface area contributed by atoms with E-state index in [-0.39, 0.29) is 4.90 Å². The molecule has 0 radical (unpaired) electrons. The minimum Gasteiger partial charge on any atom is -0.199 e. The smallest absolute Gasteiger partial charge is 0.199 e. The molecule has 1 aliphatic carbocycles. The van der Waals surface area contributed by atoms with Crippen molar-refractivity contribution < 1.29 is 8.42 Å². The van der Waals surface area contributed by atoms with Crippen LogP contribution in [0.15, 0.2) is 81.7 Å². The maximum absolute atomic E-state index is 12.0. The van der Waals surface area contributed by atoms with E-state index in [2.05, 4.69) is 16.5 Å². The van der Waals surface area contributed by atoms with E-state index in [1.54, 1.807) is 24.3 Å². The molecule has 1 aromatic carbocycles. The van der Waals surface area contributed by atoms with E-state index in [1.165, 1.54) is 11.8 Å². The Balaban J connectivity index is 1.90. The first kappa shape index (κ1) is 16.2. The van der Waals surface area contributed by atoms with E-state index in [0.29, 0.717) is 6.42 Å². The number of aryl methyl sites for hydroxylation is 1. The number of rotatable bonds is 5. The molecule has 0 fully saturated rings. The van der Waals surface area contributed by atoms with Gasteiger partial charge in [0.15, 0.2) is 0 Å². The summed E-state index contributed by atoms with van der Waals surface area (Å²) in [6, 6.07) is 6.68. The van der Waals surface area contributed by atoms with E-state index in [1.807, 2.05) is 37.3 Å². The first-order chi connectivity index (χ1) is 10.6. The SMILES string of the molecule is Cc1ccc(S(=O)(=O)/N=C/C/C=C\C=C2\C=CC=CC2)cc1. The first-order valence-corrected chi connectivity index (χ1v) is 8.56. The lowest BCUT2D eigenvalue weighted by atomic mass is 10.1. The molecule has 0 unspecified atom stereocenters. The highest BCUT2D eigenvalue weighted by molar-refractivity contribution is 7.90. The average molecular weight is 313 g/mol. The molecule has 0 amide bonds. The van der Waals surface area contributed by atoms with Crippen LogP contribution in [0.5, 0.6) is 0 Å². The summed E-state index contributed by atoms with van der Waals surface area (Å²) in [5.41, 5.74) is 2.24. The Labute approximate surface area is 132 Å². The van der Waals surface area contributed by atoms with E-state index in [9.17, 15) is 8.42 Å². The van der Waals surface area contributed by atoms with Crippen molar-refractivity contribution in [1.29, 1.82) is 0 Å². The van der Waals surface area contributed by atoms with Gasteiger partial charge >= 0.3 is 0 Å². The Morgan fingerprint density at radius 2 is 1.95 bits per heavy atom. The van der Waals surface area contributed by atoms with Crippen LogP contribution in [0.3, 0.4) is 0 Å². The van der Waals surface area contributed by atoms with Crippen LogP contribution >= 0.6 is 0 Å². The normalized spacial score (nSPS) is 17.0. The monoisotopic (exact) mass is 313 g/mol. The molecule has 1 aromatic rings. The number of benzene rings is 1. The van der Waals surface area contributed by atoms with Crippen molar-refractivity contribution >= 4 is 16.2 Å². The maximum Gasteiger partial charge on any atom is 0.281 e. The molecule has 3 nitrogen and oxygen atoms in total. The molecule has 0 saturated heterocycles. The molecule has 4 heteroatoms. The Kier molecular flexibility index (Phi) is 5.67. The number of sulfonamides is 1. The van der Waals surface area contributed by atoms with Crippen molar-refractivity contribution in [3.63, 3.8) is 0 Å². The predicted molar refractivity (Wildman–Crippen MR) is 91.6 cm³/mol. The summed E-state index contributed by atoms with van der Waals surface area (Å²) >= 11 is 0. The highest BCUT2D eigenvalue weighted by Gasteiger charge is 2.10. The maximum atomic E-state index is 12.0. The Bertz CT molecular complexity index is 749. The van der Waals surface area contributed by atoms with Crippen LogP contribution < -0.4 is 0 Å². The van der Waals surface area contributed by atoms with E-state index < -0.39 is 10.0 Å². The lowest BCUT2D eigenvalue weighted by molar-refractivity contribution is 0.598. The van der Waals surface area contributed by atoms with Gasteiger partial charge in [0.05, 0.1) is 4.90 Å². The molecule has 0 aliphatic heterocycles. The molecule has 22 heavy (non-hydrogen) atoms. The second-order valence-corrected chi connectivity index (χ2v) is 6.61. The van der Waals surface area contributed by atoms with Gasteiger partial charge in [0.2, 0.25) is 0 Å². The molecule has 114 valence electrons. The second kappa shape index (κ2) is 7.71. The molecule has 0 atom stereocenters. The number of hydrogen-bond donors (Lipinski definition) is 0. The van der Waals surface area contributed by atoms with Crippen molar-refractivity contribution in [1.82, 2.24) is 0 Å². The summed E-state index contributed by atoms with van der Waals surface area (Å²) in [7, 11) is -3.58.